The number of para-hydroxylation sites is 2. The Kier molecular flexibility index (Phi) is 4.81. The van der Waals surface area contributed by atoms with E-state index in [0.717, 1.165) is 36.4 Å². The van der Waals surface area contributed by atoms with Gasteiger partial charge in [0.2, 0.25) is 0 Å². The van der Waals surface area contributed by atoms with Gasteiger partial charge in [0.25, 0.3) is 0 Å². The molecule has 0 aliphatic carbocycles. The monoisotopic (exact) mass is 310 g/mol. The molecule has 2 aromatic rings. The first-order valence-electron chi connectivity index (χ1n) is 8.07. The molecule has 120 valence electrons. The van der Waals surface area contributed by atoms with Crippen LogP contribution in [0.5, 0.6) is 5.75 Å². The van der Waals surface area contributed by atoms with E-state index in [4.69, 9.17) is 4.74 Å². The highest BCUT2D eigenvalue weighted by atomic mass is 16.5. The molecule has 0 aromatic heterocycles. The van der Waals surface area contributed by atoms with E-state index in [1.807, 2.05) is 54.3 Å². The maximum Gasteiger partial charge on any atom is 0.321 e. The predicted molar refractivity (Wildman–Crippen MR) is 92.2 cm³/mol. The molecule has 23 heavy (non-hydrogen) atoms. The number of aryl methyl sites for hydroxylation is 1. The Bertz CT molecular complexity index is 685. The van der Waals surface area contributed by atoms with E-state index < -0.39 is 0 Å². The van der Waals surface area contributed by atoms with Crippen LogP contribution < -0.4 is 15.0 Å². The van der Waals surface area contributed by atoms with Crippen molar-refractivity contribution in [3.63, 3.8) is 0 Å². The molecule has 0 saturated carbocycles. The highest BCUT2D eigenvalue weighted by Gasteiger charge is 2.23. The number of benzene rings is 2. The maximum absolute atomic E-state index is 12.3. The fraction of sp³-hybridized carbons (Fsp3) is 0.316. The zero-order chi connectivity index (χ0) is 16.1. The smallest absolute Gasteiger partial charge is 0.321 e. The van der Waals surface area contributed by atoms with Crippen LogP contribution in [0, 0.1) is 6.92 Å². The summed E-state index contributed by atoms with van der Waals surface area (Å²) >= 11 is 0. The van der Waals surface area contributed by atoms with E-state index in [1.165, 1.54) is 5.56 Å². The van der Waals surface area contributed by atoms with Crippen molar-refractivity contribution in [2.24, 2.45) is 0 Å². The number of carbonyl (C=O) groups is 1. The van der Waals surface area contributed by atoms with Crippen LogP contribution in [0.25, 0.3) is 0 Å². The zero-order valence-electron chi connectivity index (χ0n) is 13.4. The Morgan fingerprint density at radius 2 is 1.96 bits per heavy atom. The topological polar surface area (TPSA) is 41.6 Å². The van der Waals surface area contributed by atoms with Crippen molar-refractivity contribution in [3.05, 3.63) is 59.7 Å². The van der Waals surface area contributed by atoms with Gasteiger partial charge in [-0.3, -0.25) is 4.90 Å². The molecule has 0 spiro atoms. The number of fused-ring (bicyclic) bond motifs is 1. The van der Waals surface area contributed by atoms with Gasteiger partial charge in [0.05, 0.1) is 6.61 Å². The summed E-state index contributed by atoms with van der Waals surface area (Å²) in [6.45, 7) is 4.00. The Hall–Kier alpha value is -2.49. The summed E-state index contributed by atoms with van der Waals surface area (Å²) in [5.74, 6) is 0.910. The van der Waals surface area contributed by atoms with E-state index in [-0.39, 0.29) is 6.03 Å². The third kappa shape index (κ3) is 3.65. The lowest BCUT2D eigenvalue weighted by Gasteiger charge is -2.18. The number of rotatable bonds is 5. The second-order valence-corrected chi connectivity index (χ2v) is 5.73. The summed E-state index contributed by atoms with van der Waals surface area (Å²) in [5, 5.41) is 2.97. The molecule has 2 aromatic carbocycles. The van der Waals surface area contributed by atoms with Crippen LogP contribution in [0.3, 0.4) is 0 Å². The van der Waals surface area contributed by atoms with E-state index in [2.05, 4.69) is 11.4 Å². The molecule has 4 nitrogen and oxygen atoms in total. The Morgan fingerprint density at radius 3 is 2.83 bits per heavy atom. The second kappa shape index (κ2) is 7.18. The van der Waals surface area contributed by atoms with E-state index >= 15 is 0 Å². The van der Waals surface area contributed by atoms with Crippen molar-refractivity contribution in [1.29, 1.82) is 0 Å². The maximum atomic E-state index is 12.3. The first-order valence-corrected chi connectivity index (χ1v) is 8.07. The van der Waals surface area contributed by atoms with Crippen LogP contribution in [0.15, 0.2) is 48.5 Å². The third-order valence-electron chi connectivity index (χ3n) is 4.08. The van der Waals surface area contributed by atoms with Crippen LogP contribution >= 0.6 is 0 Å². The van der Waals surface area contributed by atoms with Crippen molar-refractivity contribution >= 4 is 11.7 Å². The second-order valence-electron chi connectivity index (χ2n) is 5.73. The molecule has 0 radical (unpaired) electrons. The van der Waals surface area contributed by atoms with Crippen molar-refractivity contribution in [1.82, 2.24) is 5.32 Å². The Morgan fingerprint density at radius 1 is 1.17 bits per heavy atom. The fourth-order valence-corrected chi connectivity index (χ4v) is 2.81. The van der Waals surface area contributed by atoms with Gasteiger partial charge in [0.15, 0.2) is 0 Å². The lowest BCUT2D eigenvalue weighted by atomic mass is 10.2. The zero-order valence-corrected chi connectivity index (χ0v) is 13.4. The molecular formula is C19H22N2O2. The van der Waals surface area contributed by atoms with E-state index in [9.17, 15) is 4.79 Å². The first kappa shape index (κ1) is 15.4. The molecular weight excluding hydrogens is 288 g/mol. The molecule has 1 aliphatic rings. The van der Waals surface area contributed by atoms with Gasteiger partial charge >= 0.3 is 6.03 Å². The number of carbonyl (C=O) groups excluding carboxylic acids is 1. The first-order chi connectivity index (χ1) is 11.3. The molecule has 1 heterocycles. The number of amides is 2. The molecule has 2 amide bonds. The van der Waals surface area contributed by atoms with Gasteiger partial charge in [-0.15, -0.1) is 0 Å². The summed E-state index contributed by atoms with van der Waals surface area (Å²) in [6, 6.07) is 16.0. The quantitative estimate of drug-likeness (QED) is 0.858. The van der Waals surface area contributed by atoms with Crippen LogP contribution in [-0.2, 0) is 6.42 Å². The SMILES string of the molecule is Cc1ccccc1OCCCNC(=O)N1CCc2ccccc21. The standard InChI is InChI=1S/C19H22N2O2/c1-15-7-2-5-10-18(15)23-14-6-12-20-19(22)21-13-11-16-8-3-4-9-17(16)21/h2-5,7-10H,6,11-14H2,1H3,(H,20,22). The van der Waals surface area contributed by atoms with Gasteiger partial charge < -0.3 is 10.1 Å². The Balaban J connectivity index is 1.41. The third-order valence-corrected chi connectivity index (χ3v) is 4.08. The molecule has 3 rings (SSSR count). The van der Waals surface area contributed by atoms with Crippen molar-refractivity contribution in [2.45, 2.75) is 19.8 Å². The Labute approximate surface area is 137 Å². The number of nitrogens with zero attached hydrogens (tertiary/aromatic N) is 1. The summed E-state index contributed by atoms with van der Waals surface area (Å²) in [4.78, 5) is 14.1. The highest BCUT2D eigenvalue weighted by Crippen LogP contribution is 2.27. The number of hydrogen-bond donors (Lipinski definition) is 1. The average Bonchev–Trinajstić information content (AvgIpc) is 3.00. The minimum absolute atomic E-state index is 0.0224. The number of hydrogen-bond acceptors (Lipinski definition) is 2. The van der Waals surface area contributed by atoms with E-state index in [1.54, 1.807) is 0 Å². The normalized spacial score (nSPS) is 12.8. The lowest BCUT2D eigenvalue weighted by Crippen LogP contribution is -2.39. The van der Waals surface area contributed by atoms with Crippen molar-refractivity contribution in [3.8, 4) is 5.75 Å². The lowest BCUT2D eigenvalue weighted by molar-refractivity contribution is 0.245. The van der Waals surface area contributed by atoms with Gasteiger partial charge in [0.1, 0.15) is 5.75 Å². The van der Waals surface area contributed by atoms with E-state index in [0.29, 0.717) is 13.2 Å². The van der Waals surface area contributed by atoms with Crippen LogP contribution in [0.1, 0.15) is 17.5 Å². The molecule has 0 unspecified atom stereocenters. The van der Waals surface area contributed by atoms with Gasteiger partial charge in [-0.25, -0.2) is 4.79 Å². The molecule has 0 fully saturated rings. The molecule has 0 bridgehead atoms. The molecule has 4 heteroatoms. The van der Waals surface area contributed by atoms with Gasteiger partial charge in [-0.1, -0.05) is 36.4 Å². The summed E-state index contributed by atoms with van der Waals surface area (Å²) in [6.07, 6.45) is 1.72. The minimum Gasteiger partial charge on any atom is -0.493 e. The van der Waals surface area contributed by atoms with Gasteiger partial charge in [-0.2, -0.15) is 0 Å². The van der Waals surface area contributed by atoms with Crippen LogP contribution in [0.2, 0.25) is 0 Å². The predicted octanol–water partition coefficient (Wildman–Crippen LogP) is 3.54. The summed E-state index contributed by atoms with van der Waals surface area (Å²) < 4.78 is 5.74. The van der Waals surface area contributed by atoms with Gasteiger partial charge in [0, 0.05) is 18.8 Å². The molecule has 1 aliphatic heterocycles. The van der Waals surface area contributed by atoms with Crippen molar-refractivity contribution in [2.75, 3.05) is 24.6 Å². The van der Waals surface area contributed by atoms with Crippen LogP contribution in [0.4, 0.5) is 10.5 Å². The summed E-state index contributed by atoms with van der Waals surface area (Å²) in [7, 11) is 0. The molecule has 1 N–H and O–H groups in total. The van der Waals surface area contributed by atoms with Crippen LogP contribution in [-0.4, -0.2) is 25.7 Å². The molecule has 0 atom stereocenters. The number of urea groups is 1. The number of anilines is 1. The van der Waals surface area contributed by atoms with Crippen molar-refractivity contribution < 1.29 is 9.53 Å². The highest BCUT2D eigenvalue weighted by molar-refractivity contribution is 5.94. The molecule has 0 saturated heterocycles. The largest absolute Gasteiger partial charge is 0.493 e. The number of nitrogens with one attached hydrogen (secondary N) is 1. The fourth-order valence-electron chi connectivity index (χ4n) is 2.81. The average molecular weight is 310 g/mol. The van der Waals surface area contributed by atoms with Gasteiger partial charge in [-0.05, 0) is 43.0 Å². The summed E-state index contributed by atoms with van der Waals surface area (Å²) in [5.41, 5.74) is 3.40. The minimum atomic E-state index is -0.0224. The number of ether oxygens (including phenoxy) is 1.